The Labute approximate surface area is 62.0 Å². The first kappa shape index (κ1) is 7.13. The van der Waals surface area contributed by atoms with E-state index < -0.39 is 0 Å². The Morgan fingerprint density at radius 2 is 1.80 bits per heavy atom. The van der Waals surface area contributed by atoms with Gasteiger partial charge in [-0.25, -0.2) is 0 Å². The van der Waals surface area contributed by atoms with E-state index >= 15 is 0 Å². The minimum absolute atomic E-state index is 0.521. The monoisotopic (exact) mass is 135 g/mol. The molecule has 0 aromatic carbocycles. The molecule has 0 bridgehead atoms. The van der Waals surface area contributed by atoms with E-state index in [0.717, 1.165) is 5.70 Å². The van der Waals surface area contributed by atoms with Crippen LogP contribution in [0.1, 0.15) is 13.8 Å². The summed E-state index contributed by atoms with van der Waals surface area (Å²) in [6.07, 6.45) is 4.03. The number of allylic oxidation sites excluding steroid dienone is 1. The van der Waals surface area contributed by atoms with E-state index in [0.29, 0.717) is 5.92 Å². The van der Waals surface area contributed by atoms with Gasteiger partial charge in [0, 0.05) is 18.1 Å². The van der Waals surface area contributed by atoms with Crippen LogP contribution in [0.5, 0.6) is 0 Å². The molecular formula is C9H13N. The first-order valence-electron chi connectivity index (χ1n) is 3.54. The Hall–Kier alpha value is -0.980. The number of hydrogen-bond donors (Lipinski definition) is 0. The van der Waals surface area contributed by atoms with Gasteiger partial charge in [0.15, 0.2) is 0 Å². The van der Waals surface area contributed by atoms with Gasteiger partial charge in [0.25, 0.3) is 0 Å². The van der Waals surface area contributed by atoms with Crippen molar-refractivity contribution in [2.45, 2.75) is 13.8 Å². The standard InChI is InChI=1S/C9H13N/c1-8(2)9(3)10-6-4-5-7-10/h4-8H,3H2,1-2H3. The van der Waals surface area contributed by atoms with Crippen molar-refractivity contribution in [3.63, 3.8) is 0 Å². The van der Waals surface area contributed by atoms with Gasteiger partial charge in [-0.1, -0.05) is 20.4 Å². The molecule has 1 aromatic heterocycles. The Morgan fingerprint density at radius 1 is 1.30 bits per heavy atom. The van der Waals surface area contributed by atoms with Gasteiger partial charge in [-0.2, -0.15) is 0 Å². The molecule has 0 radical (unpaired) electrons. The van der Waals surface area contributed by atoms with Crippen LogP contribution in [0.25, 0.3) is 5.70 Å². The number of rotatable bonds is 2. The number of nitrogens with zero attached hydrogens (tertiary/aromatic N) is 1. The van der Waals surface area contributed by atoms with E-state index in [9.17, 15) is 0 Å². The third-order valence-corrected chi connectivity index (χ3v) is 1.60. The zero-order valence-electron chi connectivity index (χ0n) is 6.54. The second kappa shape index (κ2) is 2.74. The lowest BCUT2D eigenvalue weighted by Gasteiger charge is -2.09. The SMILES string of the molecule is C=C(C(C)C)n1cccc1. The Kier molecular flexibility index (Phi) is 1.95. The summed E-state index contributed by atoms with van der Waals surface area (Å²) in [4.78, 5) is 0. The minimum Gasteiger partial charge on any atom is -0.328 e. The molecule has 1 nitrogen and oxygen atoms in total. The lowest BCUT2D eigenvalue weighted by molar-refractivity contribution is 0.796. The van der Waals surface area contributed by atoms with E-state index in [2.05, 4.69) is 20.4 Å². The molecule has 0 atom stereocenters. The zero-order chi connectivity index (χ0) is 7.56. The molecule has 1 heteroatoms. The third kappa shape index (κ3) is 1.29. The number of hydrogen-bond acceptors (Lipinski definition) is 0. The van der Waals surface area contributed by atoms with Crippen molar-refractivity contribution in [3.8, 4) is 0 Å². The first-order valence-corrected chi connectivity index (χ1v) is 3.54. The molecule has 54 valence electrons. The highest BCUT2D eigenvalue weighted by molar-refractivity contribution is 5.43. The van der Waals surface area contributed by atoms with Crippen molar-refractivity contribution in [3.05, 3.63) is 31.1 Å². The predicted octanol–water partition coefficient (Wildman–Crippen LogP) is 2.61. The maximum absolute atomic E-state index is 3.96. The van der Waals surface area contributed by atoms with E-state index in [4.69, 9.17) is 0 Å². The van der Waals surface area contributed by atoms with Crippen LogP contribution in [0, 0.1) is 5.92 Å². The molecule has 0 aliphatic carbocycles. The van der Waals surface area contributed by atoms with Crippen LogP contribution in [0.2, 0.25) is 0 Å². The molecule has 10 heavy (non-hydrogen) atoms. The molecular weight excluding hydrogens is 122 g/mol. The summed E-state index contributed by atoms with van der Waals surface area (Å²) in [5.41, 5.74) is 1.14. The largest absolute Gasteiger partial charge is 0.328 e. The van der Waals surface area contributed by atoms with Crippen molar-refractivity contribution < 1.29 is 0 Å². The summed E-state index contributed by atoms with van der Waals surface area (Å²) in [7, 11) is 0. The Balaban J connectivity index is 2.78. The van der Waals surface area contributed by atoms with E-state index in [-0.39, 0.29) is 0 Å². The van der Waals surface area contributed by atoms with E-state index in [1.807, 2.05) is 29.1 Å². The van der Waals surface area contributed by atoms with Gasteiger partial charge in [0.1, 0.15) is 0 Å². The van der Waals surface area contributed by atoms with Gasteiger partial charge < -0.3 is 4.57 Å². The molecule has 0 aliphatic heterocycles. The van der Waals surface area contributed by atoms with Crippen LogP contribution in [-0.4, -0.2) is 4.57 Å². The quantitative estimate of drug-likeness (QED) is 0.587. The maximum atomic E-state index is 3.96. The zero-order valence-corrected chi connectivity index (χ0v) is 6.54. The average molecular weight is 135 g/mol. The normalized spacial score (nSPS) is 10.3. The summed E-state index contributed by atoms with van der Waals surface area (Å²) in [5.74, 6) is 0.521. The van der Waals surface area contributed by atoms with Crippen LogP contribution in [-0.2, 0) is 0 Å². The Morgan fingerprint density at radius 3 is 2.20 bits per heavy atom. The molecule has 0 aliphatic rings. The van der Waals surface area contributed by atoms with Crippen LogP contribution < -0.4 is 0 Å². The third-order valence-electron chi connectivity index (χ3n) is 1.60. The molecule has 0 N–H and O–H groups in total. The fourth-order valence-corrected chi connectivity index (χ4v) is 0.824. The molecule has 0 spiro atoms. The van der Waals surface area contributed by atoms with Crippen molar-refractivity contribution in [1.29, 1.82) is 0 Å². The van der Waals surface area contributed by atoms with E-state index in [1.54, 1.807) is 0 Å². The lowest BCUT2D eigenvalue weighted by atomic mass is 10.1. The van der Waals surface area contributed by atoms with Gasteiger partial charge >= 0.3 is 0 Å². The first-order chi connectivity index (χ1) is 4.72. The van der Waals surface area contributed by atoms with Gasteiger partial charge in [-0.05, 0) is 18.1 Å². The average Bonchev–Trinajstić information content (AvgIpc) is 2.36. The highest BCUT2D eigenvalue weighted by atomic mass is 14.9. The van der Waals surface area contributed by atoms with Gasteiger partial charge in [0.2, 0.25) is 0 Å². The molecule has 1 aromatic rings. The van der Waals surface area contributed by atoms with Crippen molar-refractivity contribution >= 4 is 5.70 Å². The topological polar surface area (TPSA) is 4.93 Å². The fourth-order valence-electron chi connectivity index (χ4n) is 0.824. The van der Waals surface area contributed by atoms with Gasteiger partial charge in [-0.15, -0.1) is 0 Å². The molecule has 1 rings (SSSR count). The molecule has 0 fully saturated rings. The molecule has 0 unspecified atom stereocenters. The van der Waals surface area contributed by atoms with Crippen molar-refractivity contribution in [2.24, 2.45) is 5.92 Å². The van der Waals surface area contributed by atoms with Gasteiger partial charge in [-0.3, -0.25) is 0 Å². The predicted molar refractivity (Wildman–Crippen MR) is 44.6 cm³/mol. The van der Waals surface area contributed by atoms with E-state index in [1.165, 1.54) is 0 Å². The molecule has 0 amide bonds. The molecule has 0 saturated carbocycles. The molecule has 0 saturated heterocycles. The molecule has 1 heterocycles. The lowest BCUT2D eigenvalue weighted by Crippen LogP contribution is -1.98. The summed E-state index contributed by atoms with van der Waals surface area (Å²) in [5, 5.41) is 0. The summed E-state index contributed by atoms with van der Waals surface area (Å²) in [6.45, 7) is 8.24. The summed E-state index contributed by atoms with van der Waals surface area (Å²) in [6, 6.07) is 4.01. The van der Waals surface area contributed by atoms with Crippen molar-refractivity contribution in [2.75, 3.05) is 0 Å². The fraction of sp³-hybridized carbons (Fsp3) is 0.333. The van der Waals surface area contributed by atoms with Crippen LogP contribution in [0.4, 0.5) is 0 Å². The smallest absolute Gasteiger partial charge is 0.0174 e. The highest BCUT2D eigenvalue weighted by Gasteiger charge is 1.99. The van der Waals surface area contributed by atoms with Crippen LogP contribution in [0.15, 0.2) is 31.1 Å². The van der Waals surface area contributed by atoms with Crippen molar-refractivity contribution in [1.82, 2.24) is 4.57 Å². The Bertz CT molecular complexity index is 207. The number of aromatic nitrogens is 1. The second-order valence-corrected chi connectivity index (χ2v) is 2.74. The second-order valence-electron chi connectivity index (χ2n) is 2.74. The summed E-state index contributed by atoms with van der Waals surface area (Å²) < 4.78 is 2.05. The maximum Gasteiger partial charge on any atom is 0.0174 e. The van der Waals surface area contributed by atoms with Crippen LogP contribution >= 0.6 is 0 Å². The van der Waals surface area contributed by atoms with Crippen LogP contribution in [0.3, 0.4) is 0 Å². The van der Waals surface area contributed by atoms with Gasteiger partial charge in [0.05, 0.1) is 0 Å². The summed E-state index contributed by atoms with van der Waals surface area (Å²) >= 11 is 0. The minimum atomic E-state index is 0.521. The highest BCUT2D eigenvalue weighted by Crippen LogP contribution is 2.12.